The monoisotopic (exact) mass is 263 g/mol. The van der Waals surface area contributed by atoms with Crippen LogP contribution >= 0.6 is 11.8 Å². The van der Waals surface area contributed by atoms with Crippen LogP contribution in [0.25, 0.3) is 0 Å². The molecule has 1 aliphatic carbocycles. The maximum Gasteiger partial charge on any atom is 0.0598 e. The maximum absolute atomic E-state index is 4.30. The lowest BCUT2D eigenvalue weighted by Gasteiger charge is -2.28. The van der Waals surface area contributed by atoms with E-state index in [4.69, 9.17) is 0 Å². The van der Waals surface area contributed by atoms with Crippen molar-refractivity contribution in [1.82, 2.24) is 10.3 Å². The van der Waals surface area contributed by atoms with Crippen LogP contribution in [0.15, 0.2) is 18.5 Å². The first kappa shape index (κ1) is 12.3. The van der Waals surface area contributed by atoms with Gasteiger partial charge in [0.1, 0.15) is 0 Å². The quantitative estimate of drug-likeness (QED) is 0.882. The van der Waals surface area contributed by atoms with Gasteiger partial charge < -0.3 is 10.2 Å². The molecule has 0 amide bonds. The predicted molar refractivity (Wildman–Crippen MR) is 78.2 cm³/mol. The Morgan fingerprint density at radius 1 is 1.44 bits per heavy atom. The molecule has 0 aromatic carbocycles. The molecule has 1 unspecified atom stereocenters. The fraction of sp³-hybridized carbons (Fsp3) is 0.643. The van der Waals surface area contributed by atoms with Gasteiger partial charge in [-0.3, -0.25) is 4.98 Å². The van der Waals surface area contributed by atoms with Crippen LogP contribution in [-0.4, -0.2) is 35.6 Å². The number of aromatic nitrogens is 1. The second kappa shape index (κ2) is 5.49. The van der Waals surface area contributed by atoms with Crippen molar-refractivity contribution in [2.75, 3.05) is 23.5 Å². The van der Waals surface area contributed by atoms with Crippen LogP contribution in [0, 0.1) is 0 Å². The van der Waals surface area contributed by atoms with Crippen LogP contribution in [0.4, 0.5) is 5.69 Å². The molecular weight excluding hydrogens is 242 g/mol. The largest absolute Gasteiger partial charge is 0.369 e. The van der Waals surface area contributed by atoms with Crippen LogP contribution < -0.4 is 10.2 Å². The van der Waals surface area contributed by atoms with Gasteiger partial charge in [0.25, 0.3) is 0 Å². The molecule has 4 heteroatoms. The Hall–Kier alpha value is -0.740. The molecule has 98 valence electrons. The van der Waals surface area contributed by atoms with E-state index in [2.05, 4.69) is 40.1 Å². The van der Waals surface area contributed by atoms with Gasteiger partial charge in [0.05, 0.1) is 11.9 Å². The SMILES string of the molecule is CN(c1cnccc1CNC1CC1)C1CCSC1. The molecular formula is C14H21N3S. The number of pyridine rings is 1. The van der Waals surface area contributed by atoms with Crippen LogP contribution in [0.2, 0.25) is 0 Å². The highest BCUT2D eigenvalue weighted by molar-refractivity contribution is 7.99. The van der Waals surface area contributed by atoms with Crippen molar-refractivity contribution in [1.29, 1.82) is 0 Å². The zero-order valence-electron chi connectivity index (χ0n) is 10.9. The van der Waals surface area contributed by atoms with Crippen LogP contribution in [0.5, 0.6) is 0 Å². The van der Waals surface area contributed by atoms with E-state index in [9.17, 15) is 0 Å². The number of thioether (sulfide) groups is 1. The summed E-state index contributed by atoms with van der Waals surface area (Å²) < 4.78 is 0. The Balaban J connectivity index is 1.71. The molecule has 0 radical (unpaired) electrons. The Kier molecular flexibility index (Phi) is 3.75. The van der Waals surface area contributed by atoms with E-state index in [1.165, 1.54) is 42.0 Å². The minimum Gasteiger partial charge on any atom is -0.369 e. The molecule has 18 heavy (non-hydrogen) atoms. The van der Waals surface area contributed by atoms with Gasteiger partial charge in [-0.15, -0.1) is 0 Å². The lowest BCUT2D eigenvalue weighted by Crippen LogP contribution is -2.32. The van der Waals surface area contributed by atoms with Gasteiger partial charge in [0.15, 0.2) is 0 Å². The molecule has 3 rings (SSSR count). The van der Waals surface area contributed by atoms with Crippen LogP contribution in [0.1, 0.15) is 24.8 Å². The smallest absolute Gasteiger partial charge is 0.0598 e. The zero-order valence-corrected chi connectivity index (χ0v) is 11.7. The van der Waals surface area contributed by atoms with E-state index < -0.39 is 0 Å². The molecule has 2 fully saturated rings. The molecule has 2 aliphatic rings. The van der Waals surface area contributed by atoms with Crippen molar-refractivity contribution in [2.24, 2.45) is 0 Å². The summed E-state index contributed by atoms with van der Waals surface area (Å²) in [6, 6.07) is 3.60. The maximum atomic E-state index is 4.30. The fourth-order valence-corrected chi connectivity index (χ4v) is 3.72. The Bertz CT molecular complexity index is 400. The standard InChI is InChI=1S/C14H21N3S/c1-17(13-5-7-18-10-13)14-9-15-6-4-11(14)8-16-12-2-3-12/h4,6,9,12-13,16H,2-3,5,7-8,10H2,1H3. The third kappa shape index (κ3) is 2.81. The topological polar surface area (TPSA) is 28.2 Å². The van der Waals surface area contributed by atoms with Gasteiger partial charge in [-0.25, -0.2) is 0 Å². The van der Waals surface area contributed by atoms with Gasteiger partial charge in [0, 0.05) is 37.6 Å². The molecule has 0 bridgehead atoms. The molecule has 2 heterocycles. The van der Waals surface area contributed by atoms with E-state index in [1.807, 2.05) is 12.4 Å². The first-order chi connectivity index (χ1) is 8.84. The van der Waals surface area contributed by atoms with Crippen molar-refractivity contribution in [3.63, 3.8) is 0 Å². The minimum atomic E-state index is 0.680. The molecule has 0 spiro atoms. The average Bonchev–Trinajstić information content (AvgIpc) is 3.08. The molecule has 3 nitrogen and oxygen atoms in total. The van der Waals surface area contributed by atoms with E-state index in [1.54, 1.807) is 0 Å². The Labute approximate surface area is 113 Å². The molecule has 1 N–H and O–H groups in total. The molecule has 1 atom stereocenters. The lowest BCUT2D eigenvalue weighted by atomic mass is 10.1. The Morgan fingerprint density at radius 2 is 2.33 bits per heavy atom. The zero-order chi connectivity index (χ0) is 12.4. The fourth-order valence-electron chi connectivity index (χ4n) is 2.45. The first-order valence-corrected chi connectivity index (χ1v) is 7.97. The summed E-state index contributed by atoms with van der Waals surface area (Å²) in [5, 5.41) is 3.60. The second-order valence-corrected chi connectivity index (χ2v) is 6.44. The van der Waals surface area contributed by atoms with E-state index in [0.29, 0.717) is 6.04 Å². The van der Waals surface area contributed by atoms with Crippen molar-refractivity contribution < 1.29 is 0 Å². The van der Waals surface area contributed by atoms with Crippen LogP contribution in [0.3, 0.4) is 0 Å². The summed E-state index contributed by atoms with van der Waals surface area (Å²) in [5.74, 6) is 2.55. The van der Waals surface area contributed by atoms with Gasteiger partial charge in [-0.05, 0) is 36.6 Å². The first-order valence-electron chi connectivity index (χ1n) is 6.81. The van der Waals surface area contributed by atoms with E-state index in [-0.39, 0.29) is 0 Å². The normalized spacial score (nSPS) is 23.3. The van der Waals surface area contributed by atoms with E-state index in [0.717, 1.165) is 12.6 Å². The number of anilines is 1. The van der Waals surface area contributed by atoms with Crippen molar-refractivity contribution in [3.8, 4) is 0 Å². The van der Waals surface area contributed by atoms with Crippen LogP contribution in [-0.2, 0) is 6.54 Å². The number of hydrogen-bond acceptors (Lipinski definition) is 4. The second-order valence-electron chi connectivity index (χ2n) is 5.29. The summed E-state index contributed by atoms with van der Waals surface area (Å²) in [6.07, 6.45) is 7.91. The van der Waals surface area contributed by atoms with Gasteiger partial charge in [0.2, 0.25) is 0 Å². The summed E-state index contributed by atoms with van der Waals surface area (Å²) in [7, 11) is 2.22. The van der Waals surface area contributed by atoms with Gasteiger partial charge in [-0.1, -0.05) is 0 Å². The highest BCUT2D eigenvalue weighted by Crippen LogP contribution is 2.28. The number of rotatable bonds is 5. The van der Waals surface area contributed by atoms with Gasteiger partial charge in [-0.2, -0.15) is 11.8 Å². The number of nitrogens with one attached hydrogen (secondary N) is 1. The summed E-state index contributed by atoms with van der Waals surface area (Å²) in [4.78, 5) is 6.73. The number of nitrogens with zero attached hydrogens (tertiary/aromatic N) is 2. The third-order valence-electron chi connectivity index (χ3n) is 3.88. The molecule has 1 aliphatic heterocycles. The molecule has 1 aromatic heterocycles. The lowest BCUT2D eigenvalue weighted by molar-refractivity contribution is 0.667. The van der Waals surface area contributed by atoms with Crippen molar-refractivity contribution >= 4 is 17.4 Å². The summed E-state index contributed by atoms with van der Waals surface area (Å²) >= 11 is 2.06. The van der Waals surface area contributed by atoms with Crippen molar-refractivity contribution in [3.05, 3.63) is 24.0 Å². The minimum absolute atomic E-state index is 0.680. The van der Waals surface area contributed by atoms with E-state index >= 15 is 0 Å². The summed E-state index contributed by atoms with van der Waals surface area (Å²) in [6.45, 7) is 0.979. The highest BCUT2D eigenvalue weighted by Gasteiger charge is 2.23. The van der Waals surface area contributed by atoms with Crippen molar-refractivity contribution in [2.45, 2.75) is 37.9 Å². The van der Waals surface area contributed by atoms with Gasteiger partial charge >= 0.3 is 0 Å². The molecule has 1 saturated heterocycles. The Morgan fingerprint density at radius 3 is 3.06 bits per heavy atom. The third-order valence-corrected chi connectivity index (χ3v) is 5.02. The average molecular weight is 263 g/mol. The summed E-state index contributed by atoms with van der Waals surface area (Å²) in [5.41, 5.74) is 2.69. The highest BCUT2D eigenvalue weighted by atomic mass is 32.2. The molecule has 1 saturated carbocycles. The predicted octanol–water partition coefficient (Wildman–Crippen LogP) is 2.28. The molecule has 1 aromatic rings. The number of hydrogen-bond donors (Lipinski definition) is 1.